The molecule has 0 bridgehead atoms. The van der Waals surface area contributed by atoms with Crippen molar-refractivity contribution in [2.45, 2.75) is 6.04 Å². The molecule has 2 nitrogen and oxygen atoms in total. The van der Waals surface area contributed by atoms with Crippen molar-refractivity contribution >= 4 is 38.1 Å². The predicted molar refractivity (Wildman–Crippen MR) is 102 cm³/mol. The number of nitrogens with zero attached hydrogens (tertiary/aromatic N) is 2. The van der Waals surface area contributed by atoms with Crippen molar-refractivity contribution in [2.24, 2.45) is 4.99 Å². The number of halogens is 2. The first kappa shape index (κ1) is 16.1. The fourth-order valence-electron chi connectivity index (χ4n) is 2.30. The molecule has 3 rings (SSSR count). The van der Waals surface area contributed by atoms with Crippen molar-refractivity contribution in [3.8, 4) is 0 Å². The van der Waals surface area contributed by atoms with Crippen LogP contribution in [0.2, 0.25) is 0 Å². The van der Waals surface area contributed by atoms with Crippen molar-refractivity contribution < 1.29 is 0 Å². The predicted octanol–water partition coefficient (Wildman–Crippen LogP) is 5.82. The highest BCUT2D eigenvalue weighted by Gasteiger charge is 2.11. The van der Waals surface area contributed by atoms with Gasteiger partial charge in [0, 0.05) is 10.7 Å². The van der Waals surface area contributed by atoms with Crippen LogP contribution < -0.4 is 0 Å². The molecule has 2 aromatic carbocycles. The topological polar surface area (TPSA) is 25.2 Å². The Morgan fingerprint density at radius 3 is 1.91 bits per heavy atom. The van der Waals surface area contributed by atoms with Crippen LogP contribution in [0.5, 0.6) is 0 Å². The first-order valence-electron chi connectivity index (χ1n) is 7.19. The summed E-state index contributed by atoms with van der Waals surface area (Å²) in [5, 5.41) is 0. The van der Waals surface area contributed by atoms with Gasteiger partial charge >= 0.3 is 0 Å². The normalized spacial score (nSPS) is 11.3. The molecule has 0 saturated carbocycles. The van der Waals surface area contributed by atoms with Crippen molar-refractivity contribution in [2.75, 3.05) is 0 Å². The second-order valence-corrected chi connectivity index (χ2v) is 6.67. The summed E-state index contributed by atoms with van der Waals surface area (Å²) in [6.07, 6.45) is 1.82. The highest BCUT2D eigenvalue weighted by molar-refractivity contribution is 9.11. The van der Waals surface area contributed by atoms with Gasteiger partial charge in [0.1, 0.15) is 4.60 Å². The number of benzene rings is 2. The molecule has 1 heterocycles. The van der Waals surface area contributed by atoms with E-state index in [0.717, 1.165) is 25.9 Å². The molecule has 3 aromatic rings. The minimum absolute atomic E-state index is 0.0509. The Kier molecular flexibility index (Phi) is 5.36. The molecule has 0 radical (unpaired) electrons. The number of rotatable bonds is 4. The van der Waals surface area contributed by atoms with Crippen LogP contribution in [0.1, 0.15) is 22.9 Å². The summed E-state index contributed by atoms with van der Waals surface area (Å²) in [6, 6.07) is 24.4. The summed E-state index contributed by atoms with van der Waals surface area (Å²) in [7, 11) is 0. The van der Waals surface area contributed by atoms with Crippen LogP contribution in [0, 0.1) is 0 Å². The molecule has 1 aromatic heterocycles. The first-order valence-corrected chi connectivity index (χ1v) is 8.78. The van der Waals surface area contributed by atoms with Gasteiger partial charge in [0.15, 0.2) is 0 Å². The number of aliphatic imine (C=N–C) groups is 1. The third kappa shape index (κ3) is 4.15. The quantitative estimate of drug-likeness (QED) is 0.379. The van der Waals surface area contributed by atoms with Gasteiger partial charge in [-0.15, -0.1) is 0 Å². The molecule has 0 N–H and O–H groups in total. The Morgan fingerprint density at radius 1 is 0.783 bits per heavy atom. The van der Waals surface area contributed by atoms with Crippen molar-refractivity contribution in [3.05, 3.63) is 98.7 Å². The summed E-state index contributed by atoms with van der Waals surface area (Å²) in [4.78, 5) is 9.25. The lowest BCUT2D eigenvalue weighted by molar-refractivity contribution is 0.877. The Bertz CT molecular complexity index is 763. The molecule has 114 valence electrons. The Balaban J connectivity index is 1.99. The van der Waals surface area contributed by atoms with Crippen LogP contribution in [-0.4, -0.2) is 11.2 Å². The molecule has 23 heavy (non-hydrogen) atoms. The van der Waals surface area contributed by atoms with Gasteiger partial charge in [-0.2, -0.15) is 0 Å². The number of aromatic nitrogens is 1. The monoisotopic (exact) mass is 428 g/mol. The highest BCUT2D eigenvalue weighted by atomic mass is 79.9. The first-order chi connectivity index (χ1) is 11.2. The van der Waals surface area contributed by atoms with E-state index in [1.807, 2.05) is 54.7 Å². The van der Waals surface area contributed by atoms with Gasteiger partial charge in [0.2, 0.25) is 0 Å². The minimum Gasteiger partial charge on any atom is -0.278 e. The molecular formula is C19H14Br2N2. The van der Waals surface area contributed by atoms with E-state index in [4.69, 9.17) is 4.99 Å². The van der Waals surface area contributed by atoms with Crippen LogP contribution in [0.3, 0.4) is 0 Å². The molecule has 0 aliphatic rings. The fourth-order valence-corrected chi connectivity index (χ4v) is 2.95. The lowest BCUT2D eigenvalue weighted by Gasteiger charge is -2.13. The SMILES string of the molecule is Brc1ccc(Br)c(/C=N/C(c2ccccc2)c2ccccc2)n1. The zero-order chi connectivity index (χ0) is 16.1. The Morgan fingerprint density at radius 2 is 1.35 bits per heavy atom. The summed E-state index contributed by atoms with van der Waals surface area (Å²) >= 11 is 6.92. The molecule has 0 unspecified atom stereocenters. The van der Waals surface area contributed by atoms with Crippen molar-refractivity contribution in [3.63, 3.8) is 0 Å². The van der Waals surface area contributed by atoms with Crippen LogP contribution in [0.25, 0.3) is 0 Å². The second-order valence-electron chi connectivity index (χ2n) is 5.00. The number of pyridine rings is 1. The molecular weight excluding hydrogens is 416 g/mol. The largest absolute Gasteiger partial charge is 0.278 e. The third-order valence-corrected chi connectivity index (χ3v) is 4.53. The van der Waals surface area contributed by atoms with Crippen molar-refractivity contribution in [1.82, 2.24) is 4.98 Å². The fraction of sp³-hybridized carbons (Fsp3) is 0.0526. The van der Waals surface area contributed by atoms with E-state index < -0.39 is 0 Å². The van der Waals surface area contributed by atoms with Crippen LogP contribution in [0.15, 0.2) is 86.9 Å². The van der Waals surface area contributed by atoms with Gasteiger partial charge in [0.05, 0.1) is 11.7 Å². The van der Waals surface area contributed by atoms with E-state index in [2.05, 4.69) is 61.1 Å². The minimum atomic E-state index is -0.0509. The lowest BCUT2D eigenvalue weighted by atomic mass is 9.99. The van der Waals surface area contributed by atoms with E-state index in [9.17, 15) is 0 Å². The third-order valence-electron chi connectivity index (χ3n) is 3.42. The maximum absolute atomic E-state index is 4.80. The molecule has 0 aliphatic heterocycles. The summed E-state index contributed by atoms with van der Waals surface area (Å²) in [6.45, 7) is 0. The van der Waals surface area contributed by atoms with E-state index in [1.165, 1.54) is 0 Å². The Hall–Kier alpha value is -1.78. The number of hydrogen-bond donors (Lipinski definition) is 0. The molecule has 0 spiro atoms. The van der Waals surface area contributed by atoms with E-state index >= 15 is 0 Å². The van der Waals surface area contributed by atoms with Gasteiger partial charge in [-0.1, -0.05) is 60.7 Å². The van der Waals surface area contributed by atoms with Crippen LogP contribution >= 0.6 is 31.9 Å². The van der Waals surface area contributed by atoms with Gasteiger partial charge < -0.3 is 0 Å². The van der Waals surface area contributed by atoms with E-state index in [-0.39, 0.29) is 6.04 Å². The average Bonchev–Trinajstić information content (AvgIpc) is 2.60. The van der Waals surface area contributed by atoms with E-state index in [0.29, 0.717) is 0 Å². The van der Waals surface area contributed by atoms with Crippen LogP contribution in [-0.2, 0) is 0 Å². The standard InChI is InChI=1S/C19H14Br2N2/c20-16-11-12-18(21)23-17(16)13-22-19(14-7-3-1-4-8-14)15-9-5-2-6-10-15/h1-13,19H/b22-13+. The molecule has 0 fully saturated rings. The summed E-state index contributed by atoms with van der Waals surface area (Å²) in [5.74, 6) is 0. The van der Waals surface area contributed by atoms with Gasteiger partial charge in [-0.05, 0) is 55.1 Å². The van der Waals surface area contributed by atoms with Gasteiger partial charge in [-0.3, -0.25) is 4.99 Å². The zero-order valence-corrected chi connectivity index (χ0v) is 15.4. The second kappa shape index (κ2) is 7.66. The Labute approximate surface area is 152 Å². The molecule has 4 heteroatoms. The lowest BCUT2D eigenvalue weighted by Crippen LogP contribution is -2.00. The summed E-state index contributed by atoms with van der Waals surface area (Å²) < 4.78 is 1.71. The summed E-state index contributed by atoms with van der Waals surface area (Å²) in [5.41, 5.74) is 3.11. The highest BCUT2D eigenvalue weighted by Crippen LogP contribution is 2.26. The van der Waals surface area contributed by atoms with E-state index in [1.54, 1.807) is 0 Å². The zero-order valence-electron chi connectivity index (χ0n) is 12.2. The number of hydrogen-bond acceptors (Lipinski definition) is 2. The molecule has 0 saturated heterocycles. The van der Waals surface area contributed by atoms with Gasteiger partial charge in [-0.25, -0.2) is 4.98 Å². The van der Waals surface area contributed by atoms with Crippen molar-refractivity contribution in [1.29, 1.82) is 0 Å². The molecule has 0 atom stereocenters. The molecule has 0 amide bonds. The maximum atomic E-state index is 4.80. The maximum Gasteiger partial charge on any atom is 0.106 e. The van der Waals surface area contributed by atoms with Crippen LogP contribution in [0.4, 0.5) is 0 Å². The molecule has 0 aliphatic carbocycles. The van der Waals surface area contributed by atoms with Gasteiger partial charge in [0.25, 0.3) is 0 Å². The smallest absolute Gasteiger partial charge is 0.106 e. The average molecular weight is 430 g/mol.